The monoisotopic (exact) mass is 717 g/mol. The van der Waals surface area contributed by atoms with E-state index in [-0.39, 0.29) is 0 Å². The second kappa shape index (κ2) is 13.2. The number of rotatable bonds is 6. The van der Waals surface area contributed by atoms with Crippen molar-refractivity contribution in [1.29, 1.82) is 0 Å². The quantitative estimate of drug-likeness (QED) is 0.171. The van der Waals surface area contributed by atoms with Gasteiger partial charge in [-0.05, 0) is 116 Å². The third-order valence-electron chi connectivity index (χ3n) is 11.2. The molecule has 1 aliphatic carbocycles. The van der Waals surface area contributed by atoms with Crippen LogP contribution in [-0.4, -0.2) is 0 Å². The van der Waals surface area contributed by atoms with Crippen LogP contribution in [0.2, 0.25) is 0 Å². The second-order valence-electron chi connectivity index (χ2n) is 14.5. The number of benzene rings is 9. The number of fused-ring (bicyclic) bond motifs is 4. The maximum Gasteiger partial charge on any atom is 0.170 e. The van der Waals surface area contributed by atoms with Gasteiger partial charge in [-0.3, -0.25) is 0 Å². The van der Waals surface area contributed by atoms with Crippen LogP contribution in [0.5, 0.6) is 23.0 Å². The minimum absolute atomic E-state index is 0.688. The Bertz CT molecular complexity index is 2940. The van der Waals surface area contributed by atoms with E-state index in [9.17, 15) is 0 Å². The van der Waals surface area contributed by atoms with E-state index in [0.717, 1.165) is 68.0 Å². The predicted octanol–water partition coefficient (Wildman–Crippen LogP) is 14.8. The highest BCUT2D eigenvalue weighted by molar-refractivity contribution is 5.97. The van der Waals surface area contributed by atoms with Gasteiger partial charge in [0.15, 0.2) is 11.5 Å². The van der Waals surface area contributed by atoms with Gasteiger partial charge in [-0.2, -0.15) is 0 Å². The van der Waals surface area contributed by atoms with Crippen LogP contribution in [0.1, 0.15) is 11.1 Å². The molecule has 11 rings (SSSR count). The smallest absolute Gasteiger partial charge is 0.170 e. The lowest BCUT2D eigenvalue weighted by molar-refractivity contribution is 0.439. The van der Waals surface area contributed by atoms with Gasteiger partial charge in [-0.1, -0.05) is 146 Å². The molecule has 0 fully saturated rings. The van der Waals surface area contributed by atoms with Gasteiger partial charge in [0.2, 0.25) is 0 Å². The van der Waals surface area contributed by atoms with Crippen molar-refractivity contribution in [1.82, 2.24) is 0 Å². The standard InChI is InChI=1S/C53H35NO2/c1-2-12-35(13-3-1)36-24-28-41(29-25-36)54(42-30-26-39-32-38-14-4-5-18-44(38)47(39)34-42)48-21-9-8-20-46(48)45-19-7-6-17-43(45)40-27-31-49-52(33-40)56-51-23-11-16-37-15-10-22-50(55-49)53(37)51/h1-31,33-34H,32H2. The Balaban J connectivity index is 1.05. The van der Waals surface area contributed by atoms with Crippen LogP contribution >= 0.6 is 0 Å². The predicted molar refractivity (Wildman–Crippen MR) is 230 cm³/mol. The van der Waals surface area contributed by atoms with Gasteiger partial charge in [0.05, 0.1) is 11.1 Å². The molecule has 2 aliphatic rings. The van der Waals surface area contributed by atoms with Gasteiger partial charge in [-0.15, -0.1) is 0 Å². The summed E-state index contributed by atoms with van der Waals surface area (Å²) in [5.41, 5.74) is 15.4. The van der Waals surface area contributed by atoms with Gasteiger partial charge in [-0.25, -0.2) is 0 Å². The molecule has 9 aromatic carbocycles. The van der Waals surface area contributed by atoms with Gasteiger partial charge in [0.1, 0.15) is 11.5 Å². The zero-order valence-corrected chi connectivity index (χ0v) is 30.5. The van der Waals surface area contributed by atoms with Crippen molar-refractivity contribution in [2.45, 2.75) is 6.42 Å². The second-order valence-corrected chi connectivity index (χ2v) is 14.5. The molecular weight excluding hydrogens is 683 g/mol. The van der Waals surface area contributed by atoms with E-state index in [2.05, 4.69) is 175 Å². The molecule has 56 heavy (non-hydrogen) atoms. The number of anilines is 3. The van der Waals surface area contributed by atoms with E-state index >= 15 is 0 Å². The Hall–Kier alpha value is -7.36. The summed E-state index contributed by atoms with van der Waals surface area (Å²) >= 11 is 0. The highest BCUT2D eigenvalue weighted by atomic mass is 16.5. The molecule has 0 unspecified atom stereocenters. The van der Waals surface area contributed by atoms with Crippen LogP contribution in [0.25, 0.3) is 55.3 Å². The fourth-order valence-corrected chi connectivity index (χ4v) is 8.50. The maximum absolute atomic E-state index is 6.63. The van der Waals surface area contributed by atoms with Gasteiger partial charge in [0, 0.05) is 16.9 Å². The van der Waals surface area contributed by atoms with E-state index in [4.69, 9.17) is 9.47 Å². The van der Waals surface area contributed by atoms with Crippen molar-refractivity contribution in [2.75, 3.05) is 4.90 Å². The van der Waals surface area contributed by atoms with E-state index in [1.807, 2.05) is 30.3 Å². The molecule has 0 saturated carbocycles. The number of hydrogen-bond donors (Lipinski definition) is 0. The van der Waals surface area contributed by atoms with Crippen LogP contribution in [0.3, 0.4) is 0 Å². The number of ether oxygens (including phenoxy) is 2. The average molecular weight is 718 g/mol. The molecule has 3 heteroatoms. The lowest BCUT2D eigenvalue weighted by atomic mass is 9.92. The Kier molecular flexibility index (Phi) is 7.56. The van der Waals surface area contributed by atoms with E-state index < -0.39 is 0 Å². The molecule has 9 aromatic rings. The topological polar surface area (TPSA) is 21.7 Å². The largest absolute Gasteiger partial charge is 0.453 e. The summed E-state index contributed by atoms with van der Waals surface area (Å²) in [6.45, 7) is 0. The van der Waals surface area contributed by atoms with E-state index in [1.54, 1.807) is 0 Å². The molecule has 0 N–H and O–H groups in total. The van der Waals surface area contributed by atoms with Crippen LogP contribution in [-0.2, 0) is 6.42 Å². The van der Waals surface area contributed by atoms with Crippen LogP contribution in [0.4, 0.5) is 17.1 Å². The summed E-state index contributed by atoms with van der Waals surface area (Å²) < 4.78 is 13.1. The minimum Gasteiger partial charge on any atom is -0.453 e. The summed E-state index contributed by atoms with van der Waals surface area (Å²) in [4.78, 5) is 2.41. The van der Waals surface area contributed by atoms with Crippen molar-refractivity contribution < 1.29 is 9.47 Å². The first-order chi connectivity index (χ1) is 27.7. The molecule has 0 spiro atoms. The lowest BCUT2D eigenvalue weighted by Gasteiger charge is -2.29. The third-order valence-corrected chi connectivity index (χ3v) is 11.2. The zero-order valence-electron chi connectivity index (χ0n) is 30.5. The average Bonchev–Trinajstić information content (AvgIpc) is 3.54. The molecule has 1 aliphatic heterocycles. The maximum atomic E-state index is 6.63. The highest BCUT2D eigenvalue weighted by Crippen LogP contribution is 2.49. The molecular formula is C53H35NO2. The first-order valence-corrected chi connectivity index (χ1v) is 19.1. The van der Waals surface area contributed by atoms with Crippen molar-refractivity contribution in [3.05, 3.63) is 211 Å². The third kappa shape index (κ3) is 5.44. The number of para-hydroxylation sites is 1. The lowest BCUT2D eigenvalue weighted by Crippen LogP contribution is -2.11. The Labute approximate surface area is 326 Å². The molecule has 0 atom stereocenters. The highest BCUT2D eigenvalue weighted by Gasteiger charge is 2.24. The molecule has 0 amide bonds. The normalized spacial score (nSPS) is 12.1. The van der Waals surface area contributed by atoms with Crippen LogP contribution in [0.15, 0.2) is 200 Å². The zero-order chi connectivity index (χ0) is 37.0. The van der Waals surface area contributed by atoms with Crippen LogP contribution < -0.4 is 14.4 Å². The van der Waals surface area contributed by atoms with Crippen molar-refractivity contribution >= 4 is 27.8 Å². The summed E-state index contributed by atoms with van der Waals surface area (Å²) in [6, 6.07) is 71.2. The van der Waals surface area contributed by atoms with Crippen molar-refractivity contribution in [3.63, 3.8) is 0 Å². The van der Waals surface area contributed by atoms with Crippen molar-refractivity contribution in [3.8, 4) is 67.5 Å². The summed E-state index contributed by atoms with van der Waals surface area (Å²) in [5, 5.41) is 2.07. The molecule has 3 nitrogen and oxygen atoms in total. The van der Waals surface area contributed by atoms with Gasteiger partial charge < -0.3 is 14.4 Å². The number of hydrogen-bond acceptors (Lipinski definition) is 3. The minimum atomic E-state index is 0.688. The van der Waals surface area contributed by atoms with Crippen LogP contribution in [0, 0.1) is 0 Å². The molecule has 0 bridgehead atoms. The first-order valence-electron chi connectivity index (χ1n) is 19.1. The fourth-order valence-electron chi connectivity index (χ4n) is 8.50. The molecule has 0 aromatic heterocycles. The molecule has 264 valence electrons. The molecule has 0 radical (unpaired) electrons. The van der Waals surface area contributed by atoms with Crippen molar-refractivity contribution in [2.24, 2.45) is 0 Å². The molecule has 1 heterocycles. The fraction of sp³-hybridized carbons (Fsp3) is 0.0189. The van der Waals surface area contributed by atoms with E-state index in [1.165, 1.54) is 33.4 Å². The van der Waals surface area contributed by atoms with Gasteiger partial charge in [0.25, 0.3) is 0 Å². The summed E-state index contributed by atoms with van der Waals surface area (Å²) in [7, 11) is 0. The molecule has 0 saturated heterocycles. The van der Waals surface area contributed by atoms with Gasteiger partial charge >= 0.3 is 0 Å². The first kappa shape index (κ1) is 32.1. The number of nitrogens with zero attached hydrogens (tertiary/aromatic N) is 1. The summed E-state index contributed by atoms with van der Waals surface area (Å²) in [5.74, 6) is 2.97. The Morgan fingerprint density at radius 3 is 1.75 bits per heavy atom. The Morgan fingerprint density at radius 1 is 0.339 bits per heavy atom. The Morgan fingerprint density at radius 2 is 0.946 bits per heavy atom. The SMILES string of the molecule is c1ccc(-c2ccc(N(c3ccc4c(c3)-c3ccccc3C4)c3ccccc3-c3ccccc3-c3ccc4c(c3)Oc3cccc5cccc(c35)O4)cc2)cc1. The summed E-state index contributed by atoms with van der Waals surface area (Å²) in [6.07, 6.45) is 0.957. The van der Waals surface area contributed by atoms with E-state index in [0.29, 0.717) is 11.5 Å².